The van der Waals surface area contributed by atoms with E-state index < -0.39 is 73.5 Å². The molecule has 0 rings (SSSR count). The lowest BCUT2D eigenvalue weighted by Gasteiger charge is -2.25. The molecule has 0 fully saturated rings. The van der Waals surface area contributed by atoms with Crippen molar-refractivity contribution in [2.24, 2.45) is 11.7 Å². The van der Waals surface area contributed by atoms with Crippen LogP contribution in [0, 0.1) is 5.92 Å². The molecule has 4 atom stereocenters. The summed E-state index contributed by atoms with van der Waals surface area (Å²) in [7, 11) is 0. The van der Waals surface area contributed by atoms with E-state index in [0.29, 0.717) is 0 Å². The highest BCUT2D eigenvalue weighted by atomic mass is 16.4. The molecule has 0 spiro atoms. The van der Waals surface area contributed by atoms with Crippen LogP contribution >= 0.6 is 0 Å². The monoisotopic (exact) mass is 434 g/mol. The summed E-state index contributed by atoms with van der Waals surface area (Å²) in [5, 5.41) is 42.5. The molecule has 0 saturated carbocycles. The number of nitrogens with two attached hydrogens (primary N) is 1. The predicted molar refractivity (Wildman–Crippen MR) is 102 cm³/mol. The molecule has 3 amide bonds. The average Bonchev–Trinajstić information content (AvgIpc) is 2.66. The number of hydrogen-bond acceptors (Lipinski definition) is 8. The Labute approximate surface area is 173 Å². The first kappa shape index (κ1) is 27.2. The van der Waals surface area contributed by atoms with Gasteiger partial charge in [0.2, 0.25) is 17.7 Å². The molecule has 0 aliphatic carbocycles. The van der Waals surface area contributed by atoms with Gasteiger partial charge in [-0.3, -0.25) is 19.2 Å². The van der Waals surface area contributed by atoms with Gasteiger partial charge in [-0.1, -0.05) is 13.8 Å². The highest BCUT2D eigenvalue weighted by molar-refractivity contribution is 5.94. The Morgan fingerprint density at radius 3 is 1.73 bits per heavy atom. The van der Waals surface area contributed by atoms with Crippen LogP contribution in [0.3, 0.4) is 0 Å². The lowest BCUT2D eigenvalue weighted by molar-refractivity contribution is -0.143. The smallest absolute Gasteiger partial charge is 0.328 e. The quantitative estimate of drug-likeness (QED) is 0.136. The van der Waals surface area contributed by atoms with E-state index in [1.54, 1.807) is 13.8 Å². The summed E-state index contributed by atoms with van der Waals surface area (Å²) in [6.45, 7) is 1.93. The number of carboxylic acid groups (broad SMARTS) is 2. The van der Waals surface area contributed by atoms with Gasteiger partial charge in [-0.05, 0) is 18.8 Å². The molecule has 13 heteroatoms. The molecule has 0 aromatic heterocycles. The van der Waals surface area contributed by atoms with Gasteiger partial charge < -0.3 is 42.1 Å². The number of aliphatic hydroxyl groups is 2. The van der Waals surface area contributed by atoms with Crippen molar-refractivity contribution in [3.63, 3.8) is 0 Å². The zero-order chi connectivity index (χ0) is 23.4. The van der Waals surface area contributed by atoms with Gasteiger partial charge in [0.15, 0.2) is 0 Å². The third-order valence-corrected chi connectivity index (χ3v) is 3.95. The molecule has 30 heavy (non-hydrogen) atoms. The molecule has 0 aromatic rings. The minimum absolute atomic E-state index is 0.102. The Hall–Kier alpha value is -2.77. The first-order valence-corrected chi connectivity index (χ1v) is 9.25. The van der Waals surface area contributed by atoms with Crippen LogP contribution in [0.4, 0.5) is 0 Å². The first-order chi connectivity index (χ1) is 13.9. The summed E-state index contributed by atoms with van der Waals surface area (Å²) in [6.07, 6.45) is -0.681. The van der Waals surface area contributed by atoms with Crippen molar-refractivity contribution in [1.82, 2.24) is 16.0 Å². The number of amides is 3. The summed E-state index contributed by atoms with van der Waals surface area (Å²) in [5.74, 6) is -5.44. The van der Waals surface area contributed by atoms with Crippen molar-refractivity contribution in [2.45, 2.75) is 57.3 Å². The van der Waals surface area contributed by atoms with E-state index >= 15 is 0 Å². The minimum Gasteiger partial charge on any atom is -0.481 e. The van der Waals surface area contributed by atoms with Crippen LogP contribution in [-0.2, 0) is 24.0 Å². The molecule has 0 bridgehead atoms. The Morgan fingerprint density at radius 1 is 0.800 bits per heavy atom. The van der Waals surface area contributed by atoms with Gasteiger partial charge >= 0.3 is 11.9 Å². The Morgan fingerprint density at radius 2 is 1.30 bits per heavy atom. The van der Waals surface area contributed by atoms with Crippen LogP contribution in [0.5, 0.6) is 0 Å². The van der Waals surface area contributed by atoms with E-state index in [0.717, 1.165) is 0 Å². The van der Waals surface area contributed by atoms with Gasteiger partial charge in [0.1, 0.15) is 24.2 Å². The van der Waals surface area contributed by atoms with Crippen molar-refractivity contribution in [3.05, 3.63) is 0 Å². The molecule has 0 aliphatic heterocycles. The summed E-state index contributed by atoms with van der Waals surface area (Å²) in [4.78, 5) is 58.8. The van der Waals surface area contributed by atoms with Gasteiger partial charge in [0, 0.05) is 6.42 Å². The molecule has 172 valence electrons. The highest BCUT2D eigenvalue weighted by Crippen LogP contribution is 2.07. The average molecular weight is 434 g/mol. The number of nitrogens with one attached hydrogen (secondary N) is 3. The normalized spacial score (nSPS) is 14.9. The molecule has 9 N–H and O–H groups in total. The van der Waals surface area contributed by atoms with Gasteiger partial charge in [-0.2, -0.15) is 0 Å². The fourth-order valence-electron chi connectivity index (χ4n) is 2.33. The molecule has 0 radical (unpaired) electrons. The number of hydrogen-bond donors (Lipinski definition) is 8. The van der Waals surface area contributed by atoms with Crippen molar-refractivity contribution in [2.75, 3.05) is 13.2 Å². The van der Waals surface area contributed by atoms with Gasteiger partial charge in [0.05, 0.1) is 13.2 Å². The fourth-order valence-corrected chi connectivity index (χ4v) is 2.33. The second kappa shape index (κ2) is 13.5. The van der Waals surface area contributed by atoms with E-state index in [9.17, 15) is 24.0 Å². The molecule has 0 saturated heterocycles. The second-order valence-corrected chi connectivity index (χ2v) is 7.06. The van der Waals surface area contributed by atoms with Crippen LogP contribution in [0.1, 0.15) is 33.1 Å². The maximum atomic E-state index is 12.6. The van der Waals surface area contributed by atoms with Crippen molar-refractivity contribution in [3.8, 4) is 0 Å². The number of rotatable bonds is 14. The van der Waals surface area contributed by atoms with Crippen molar-refractivity contribution in [1.29, 1.82) is 0 Å². The van der Waals surface area contributed by atoms with E-state index in [4.69, 9.17) is 26.2 Å². The van der Waals surface area contributed by atoms with Gasteiger partial charge in [-0.25, -0.2) is 4.79 Å². The first-order valence-electron chi connectivity index (χ1n) is 9.25. The molecule has 0 aliphatic rings. The van der Waals surface area contributed by atoms with E-state index in [-0.39, 0.29) is 18.8 Å². The van der Waals surface area contributed by atoms with Crippen LogP contribution in [0.2, 0.25) is 0 Å². The van der Waals surface area contributed by atoms with Crippen LogP contribution in [0.15, 0.2) is 0 Å². The standard InChI is InChI=1S/C17H30N4O9/c1-8(2)5-11(16(28)21-12(7-23)17(29)30)20-15(27)10(3-4-13(24)25)19-14(26)9(18)6-22/h8-12,22-23H,3-7,18H2,1-2H3,(H,19,26)(H,20,27)(H,21,28)(H,24,25)(H,29,30). The summed E-state index contributed by atoms with van der Waals surface area (Å²) in [6, 6.07) is -5.47. The fraction of sp³-hybridized carbons (Fsp3) is 0.706. The van der Waals surface area contributed by atoms with Crippen molar-refractivity contribution >= 4 is 29.7 Å². The maximum absolute atomic E-state index is 12.6. The molecular formula is C17H30N4O9. The predicted octanol–water partition coefficient (Wildman–Crippen LogP) is -3.25. The number of carbonyl (C=O) groups excluding carboxylic acids is 3. The lowest BCUT2D eigenvalue weighted by atomic mass is 10.0. The Balaban J connectivity index is 5.42. The minimum atomic E-state index is -1.57. The van der Waals surface area contributed by atoms with Gasteiger partial charge in [0.25, 0.3) is 0 Å². The summed E-state index contributed by atoms with van der Waals surface area (Å²) < 4.78 is 0. The number of carboxylic acids is 2. The molecule has 13 nitrogen and oxygen atoms in total. The third kappa shape index (κ3) is 10.1. The maximum Gasteiger partial charge on any atom is 0.328 e. The van der Waals surface area contributed by atoms with Crippen LogP contribution in [0.25, 0.3) is 0 Å². The number of aliphatic hydroxyl groups excluding tert-OH is 2. The zero-order valence-electron chi connectivity index (χ0n) is 16.8. The van der Waals surface area contributed by atoms with Crippen molar-refractivity contribution < 1.29 is 44.4 Å². The SMILES string of the molecule is CC(C)CC(NC(=O)C(CCC(=O)O)NC(=O)C(N)CO)C(=O)NC(CO)C(=O)O. The van der Waals surface area contributed by atoms with Crippen LogP contribution < -0.4 is 21.7 Å². The molecule has 0 aromatic carbocycles. The lowest BCUT2D eigenvalue weighted by Crippen LogP contribution is -2.58. The molecule has 4 unspecified atom stereocenters. The largest absolute Gasteiger partial charge is 0.481 e. The van der Waals surface area contributed by atoms with E-state index in [1.807, 2.05) is 0 Å². The second-order valence-electron chi connectivity index (χ2n) is 7.06. The van der Waals surface area contributed by atoms with Crippen LogP contribution in [-0.4, -0.2) is 87.5 Å². The van der Waals surface area contributed by atoms with Gasteiger partial charge in [-0.15, -0.1) is 0 Å². The summed E-state index contributed by atoms with van der Waals surface area (Å²) >= 11 is 0. The summed E-state index contributed by atoms with van der Waals surface area (Å²) in [5.41, 5.74) is 5.38. The Bertz CT molecular complexity index is 626. The number of carbonyl (C=O) groups is 5. The molecule has 0 heterocycles. The van der Waals surface area contributed by atoms with E-state index in [2.05, 4.69) is 16.0 Å². The Kier molecular flexibility index (Phi) is 12.2. The number of aliphatic carboxylic acids is 2. The highest BCUT2D eigenvalue weighted by Gasteiger charge is 2.30. The zero-order valence-corrected chi connectivity index (χ0v) is 16.8. The molecular weight excluding hydrogens is 404 g/mol. The third-order valence-electron chi connectivity index (χ3n) is 3.95. The topological polar surface area (TPSA) is 228 Å². The van der Waals surface area contributed by atoms with E-state index in [1.165, 1.54) is 0 Å².